The van der Waals surface area contributed by atoms with Crippen LogP contribution >= 0.6 is 24.0 Å². The van der Waals surface area contributed by atoms with E-state index < -0.39 is 6.10 Å². The molecule has 1 aliphatic heterocycles. The van der Waals surface area contributed by atoms with Gasteiger partial charge in [0.05, 0.1) is 12.1 Å². The summed E-state index contributed by atoms with van der Waals surface area (Å²) in [4.78, 5) is 8.70. The van der Waals surface area contributed by atoms with Gasteiger partial charge in [-0.3, -0.25) is 4.99 Å². The topological polar surface area (TPSA) is 87.4 Å². The monoisotopic (exact) mass is 474 g/mol. The van der Waals surface area contributed by atoms with Gasteiger partial charge in [-0.1, -0.05) is 12.1 Å². The van der Waals surface area contributed by atoms with Gasteiger partial charge in [0.1, 0.15) is 17.5 Å². The number of fused-ring (bicyclic) bond motifs is 1. The fourth-order valence-electron chi connectivity index (χ4n) is 2.96. The van der Waals surface area contributed by atoms with Crippen molar-refractivity contribution in [1.82, 2.24) is 25.4 Å². The van der Waals surface area contributed by atoms with Crippen LogP contribution in [0.25, 0.3) is 0 Å². The number of rotatable bonds is 4. The summed E-state index contributed by atoms with van der Waals surface area (Å²) in [7, 11) is 1.68. The summed E-state index contributed by atoms with van der Waals surface area (Å²) in [5.74, 6) is 1.93. The minimum atomic E-state index is -0.753. The Morgan fingerprint density at radius 3 is 2.85 bits per heavy atom. The Balaban J connectivity index is 0.00000243. The first-order valence-corrected chi connectivity index (χ1v) is 8.39. The molecule has 0 fully saturated rings. The van der Waals surface area contributed by atoms with Gasteiger partial charge in [-0.15, -0.1) is 24.0 Å². The number of nitrogens with zero attached hydrogens (tertiary/aromatic N) is 4. The standard InChI is InChI=1S/C17H23FN6O.HI/c1-11-21-16-14(4-3-9-24(16)23-11)22-17(19-2)20-10-15(25)12-5-7-13(18)8-6-12;/h5-8,14-15,25H,3-4,9-10H2,1-2H3,(H2,19,20,22);1H. The van der Waals surface area contributed by atoms with Gasteiger partial charge in [-0.2, -0.15) is 5.10 Å². The molecule has 2 heterocycles. The molecule has 0 spiro atoms. The molecule has 7 nitrogen and oxygen atoms in total. The van der Waals surface area contributed by atoms with Crippen LogP contribution in [-0.4, -0.2) is 39.4 Å². The van der Waals surface area contributed by atoms with Crippen LogP contribution in [0, 0.1) is 12.7 Å². The first kappa shape index (κ1) is 20.6. The second-order valence-corrected chi connectivity index (χ2v) is 6.10. The zero-order valence-corrected chi connectivity index (χ0v) is 17.1. The molecule has 0 saturated carbocycles. The number of aliphatic hydroxyl groups is 1. The van der Waals surface area contributed by atoms with E-state index in [0.717, 1.165) is 31.0 Å². The van der Waals surface area contributed by atoms with Crippen LogP contribution in [0.1, 0.15) is 42.2 Å². The lowest BCUT2D eigenvalue weighted by atomic mass is 10.1. The third-order valence-electron chi connectivity index (χ3n) is 4.23. The summed E-state index contributed by atoms with van der Waals surface area (Å²) >= 11 is 0. The largest absolute Gasteiger partial charge is 0.387 e. The zero-order chi connectivity index (χ0) is 17.8. The lowest BCUT2D eigenvalue weighted by Gasteiger charge is -2.25. The lowest BCUT2D eigenvalue weighted by molar-refractivity contribution is 0.180. The highest BCUT2D eigenvalue weighted by atomic mass is 127. The van der Waals surface area contributed by atoms with Crippen LogP contribution < -0.4 is 10.6 Å². The Morgan fingerprint density at radius 1 is 1.42 bits per heavy atom. The Morgan fingerprint density at radius 2 is 2.15 bits per heavy atom. The zero-order valence-electron chi connectivity index (χ0n) is 14.8. The van der Waals surface area contributed by atoms with E-state index in [2.05, 4.69) is 25.7 Å². The molecule has 1 aromatic carbocycles. The number of aryl methyl sites for hydroxylation is 2. The van der Waals surface area contributed by atoms with E-state index in [9.17, 15) is 9.50 Å². The highest BCUT2D eigenvalue weighted by Crippen LogP contribution is 2.22. The SMILES string of the molecule is CN=C(NCC(O)c1ccc(F)cc1)NC1CCCn2nc(C)nc21.I. The quantitative estimate of drug-likeness (QED) is 0.359. The number of hydrogen-bond acceptors (Lipinski definition) is 4. The predicted octanol–water partition coefficient (Wildman–Crippen LogP) is 2.08. The first-order valence-electron chi connectivity index (χ1n) is 8.39. The summed E-state index contributed by atoms with van der Waals surface area (Å²) in [6.07, 6.45) is 1.21. The van der Waals surface area contributed by atoms with Crippen molar-refractivity contribution in [1.29, 1.82) is 0 Å². The Labute approximate surface area is 169 Å². The second-order valence-electron chi connectivity index (χ2n) is 6.10. The van der Waals surface area contributed by atoms with Gasteiger partial charge in [0.25, 0.3) is 0 Å². The average molecular weight is 474 g/mol. The summed E-state index contributed by atoms with van der Waals surface area (Å²) in [5, 5.41) is 21.1. The predicted molar refractivity (Wildman–Crippen MR) is 108 cm³/mol. The van der Waals surface area contributed by atoms with Crippen LogP contribution in [0.5, 0.6) is 0 Å². The van der Waals surface area contributed by atoms with Crippen LogP contribution in [0.4, 0.5) is 4.39 Å². The molecule has 9 heteroatoms. The smallest absolute Gasteiger partial charge is 0.191 e. The van der Waals surface area contributed by atoms with Gasteiger partial charge in [0, 0.05) is 20.1 Å². The van der Waals surface area contributed by atoms with E-state index in [1.54, 1.807) is 19.2 Å². The van der Waals surface area contributed by atoms with Crippen LogP contribution in [-0.2, 0) is 6.54 Å². The minimum absolute atomic E-state index is 0. The van der Waals surface area contributed by atoms with E-state index in [-0.39, 0.29) is 42.4 Å². The number of nitrogens with one attached hydrogen (secondary N) is 2. The van der Waals surface area contributed by atoms with Crippen molar-refractivity contribution in [2.45, 2.75) is 38.5 Å². The van der Waals surface area contributed by atoms with Gasteiger partial charge in [-0.05, 0) is 37.5 Å². The molecule has 0 bridgehead atoms. The molecule has 0 aliphatic carbocycles. The fraction of sp³-hybridized carbons (Fsp3) is 0.471. The fourth-order valence-corrected chi connectivity index (χ4v) is 2.96. The molecular formula is C17H24FIN6O. The molecule has 2 atom stereocenters. The molecule has 26 heavy (non-hydrogen) atoms. The van der Waals surface area contributed by atoms with Crippen molar-refractivity contribution < 1.29 is 9.50 Å². The molecule has 0 radical (unpaired) electrons. The summed E-state index contributed by atoms with van der Waals surface area (Å²) < 4.78 is 14.9. The van der Waals surface area contributed by atoms with Gasteiger partial charge < -0.3 is 15.7 Å². The van der Waals surface area contributed by atoms with E-state index in [1.807, 2.05) is 11.6 Å². The Bertz CT molecular complexity index is 748. The Kier molecular flexibility index (Phi) is 7.33. The highest BCUT2D eigenvalue weighted by molar-refractivity contribution is 14.0. The maximum Gasteiger partial charge on any atom is 0.191 e. The van der Waals surface area contributed by atoms with E-state index in [1.165, 1.54) is 12.1 Å². The highest BCUT2D eigenvalue weighted by Gasteiger charge is 2.24. The molecule has 142 valence electrons. The van der Waals surface area contributed by atoms with E-state index >= 15 is 0 Å². The lowest BCUT2D eigenvalue weighted by Crippen LogP contribution is -2.42. The maximum absolute atomic E-state index is 13.0. The third kappa shape index (κ3) is 4.91. The number of halogens is 2. The molecule has 2 unspecified atom stereocenters. The molecule has 1 aromatic heterocycles. The van der Waals surface area contributed by atoms with Gasteiger partial charge >= 0.3 is 0 Å². The minimum Gasteiger partial charge on any atom is -0.387 e. The molecule has 2 aromatic rings. The number of aliphatic imine (C=N–C) groups is 1. The van der Waals surface area contributed by atoms with E-state index in [4.69, 9.17) is 0 Å². The van der Waals surface area contributed by atoms with Gasteiger partial charge in [-0.25, -0.2) is 14.1 Å². The number of aromatic nitrogens is 3. The molecular weight excluding hydrogens is 450 g/mol. The first-order chi connectivity index (χ1) is 12.1. The number of hydrogen-bond donors (Lipinski definition) is 3. The summed E-state index contributed by atoms with van der Waals surface area (Å²) in [6.45, 7) is 3.03. The van der Waals surface area contributed by atoms with Crippen molar-refractivity contribution in [3.05, 3.63) is 47.3 Å². The summed E-state index contributed by atoms with van der Waals surface area (Å²) in [5.41, 5.74) is 0.650. The normalized spacial score (nSPS) is 17.8. The van der Waals surface area contributed by atoms with Crippen molar-refractivity contribution in [3.8, 4) is 0 Å². The van der Waals surface area contributed by atoms with Crippen molar-refractivity contribution in [3.63, 3.8) is 0 Å². The molecule has 1 aliphatic rings. The van der Waals surface area contributed by atoms with Crippen molar-refractivity contribution in [2.24, 2.45) is 4.99 Å². The number of aliphatic hydroxyl groups excluding tert-OH is 1. The Hall–Kier alpha value is -1.75. The van der Waals surface area contributed by atoms with Gasteiger partial charge in [0.2, 0.25) is 0 Å². The van der Waals surface area contributed by atoms with Crippen molar-refractivity contribution >= 4 is 29.9 Å². The third-order valence-corrected chi connectivity index (χ3v) is 4.23. The number of benzene rings is 1. The molecule has 0 saturated heterocycles. The van der Waals surface area contributed by atoms with Crippen LogP contribution in [0.2, 0.25) is 0 Å². The van der Waals surface area contributed by atoms with Gasteiger partial charge in [0.15, 0.2) is 5.96 Å². The molecule has 0 amide bonds. The van der Waals surface area contributed by atoms with E-state index in [0.29, 0.717) is 11.5 Å². The molecule has 3 rings (SSSR count). The summed E-state index contributed by atoms with van der Waals surface area (Å²) in [6, 6.07) is 5.85. The second kappa shape index (κ2) is 9.26. The van der Waals surface area contributed by atoms with Crippen LogP contribution in [0.3, 0.4) is 0 Å². The average Bonchev–Trinajstić information content (AvgIpc) is 3.00. The van der Waals surface area contributed by atoms with Crippen LogP contribution in [0.15, 0.2) is 29.3 Å². The molecule has 3 N–H and O–H groups in total. The maximum atomic E-state index is 13.0. The number of guanidine groups is 1. The van der Waals surface area contributed by atoms with Crippen molar-refractivity contribution in [2.75, 3.05) is 13.6 Å².